The van der Waals surface area contributed by atoms with E-state index in [4.69, 9.17) is 10.3 Å². The molecule has 1 N–H and O–H groups in total. The van der Waals surface area contributed by atoms with E-state index in [2.05, 4.69) is 27.7 Å². The Kier molecular flexibility index (Phi) is 2.97. The van der Waals surface area contributed by atoms with Crippen LogP contribution in [-0.4, -0.2) is 6.23 Å². The molecule has 0 aliphatic carbocycles. The number of ether oxygens (including phenoxy) is 1. The summed E-state index contributed by atoms with van der Waals surface area (Å²) in [5.41, 5.74) is 8.04. The second-order valence-corrected chi connectivity index (χ2v) is 4.77. The largest absolute Gasteiger partial charge is 0.470 e. The minimum atomic E-state index is -0.481. The van der Waals surface area contributed by atoms with E-state index >= 15 is 0 Å². The highest BCUT2D eigenvalue weighted by Gasteiger charge is 2.21. The van der Waals surface area contributed by atoms with Crippen molar-refractivity contribution in [2.45, 2.75) is 6.23 Å². The number of thiophene rings is 1. The molecular formula is C9H7IN2OS. The molecule has 2 rings (SSSR count). The molecule has 5 heteroatoms. The van der Waals surface area contributed by atoms with Crippen LogP contribution in [0.2, 0.25) is 0 Å². The SMILES string of the molecule is N=NC1OC=CC(I)=C1c1cccs1. The number of halogens is 1. The molecule has 1 aliphatic rings. The van der Waals surface area contributed by atoms with Crippen LogP contribution in [-0.2, 0) is 4.74 Å². The first-order valence-electron chi connectivity index (χ1n) is 3.95. The van der Waals surface area contributed by atoms with Crippen LogP contribution in [0.1, 0.15) is 4.88 Å². The molecular weight excluding hydrogens is 311 g/mol. The summed E-state index contributed by atoms with van der Waals surface area (Å²) >= 11 is 3.87. The number of hydrogen-bond donors (Lipinski definition) is 1. The summed E-state index contributed by atoms with van der Waals surface area (Å²) in [4.78, 5) is 1.11. The molecule has 0 saturated heterocycles. The molecule has 1 unspecified atom stereocenters. The maximum Gasteiger partial charge on any atom is 0.235 e. The second kappa shape index (κ2) is 4.22. The average molecular weight is 318 g/mol. The first kappa shape index (κ1) is 9.85. The van der Waals surface area contributed by atoms with Gasteiger partial charge in [-0.15, -0.1) is 16.5 Å². The lowest BCUT2D eigenvalue weighted by molar-refractivity contribution is 0.190. The van der Waals surface area contributed by atoms with Crippen molar-refractivity contribution >= 4 is 39.5 Å². The van der Waals surface area contributed by atoms with E-state index in [1.54, 1.807) is 17.6 Å². The lowest BCUT2D eigenvalue weighted by Crippen LogP contribution is -2.11. The molecule has 0 spiro atoms. The molecule has 14 heavy (non-hydrogen) atoms. The highest BCUT2D eigenvalue weighted by molar-refractivity contribution is 14.1. The third kappa shape index (κ3) is 1.74. The number of rotatable bonds is 2. The van der Waals surface area contributed by atoms with Crippen LogP contribution in [0.3, 0.4) is 0 Å². The zero-order valence-electron chi connectivity index (χ0n) is 7.11. The monoisotopic (exact) mass is 318 g/mol. The molecule has 1 aliphatic heterocycles. The average Bonchev–Trinajstić information content (AvgIpc) is 2.70. The van der Waals surface area contributed by atoms with Crippen LogP contribution >= 0.6 is 33.9 Å². The summed E-state index contributed by atoms with van der Waals surface area (Å²) in [5, 5.41) is 5.46. The van der Waals surface area contributed by atoms with Gasteiger partial charge in [-0.3, -0.25) is 0 Å². The molecule has 0 saturated carbocycles. The standard InChI is InChI=1S/C9H7IN2OS/c10-6-3-4-13-9(12-11)8(6)7-2-1-5-14-7/h1-5,9,11H. The Balaban J connectivity index is 2.47. The zero-order chi connectivity index (χ0) is 9.97. The maximum atomic E-state index is 7.05. The summed E-state index contributed by atoms with van der Waals surface area (Å²) in [7, 11) is 0. The van der Waals surface area contributed by atoms with Crippen LogP contribution in [0.15, 0.2) is 38.5 Å². The minimum Gasteiger partial charge on any atom is -0.470 e. The van der Waals surface area contributed by atoms with Crippen LogP contribution in [0.5, 0.6) is 0 Å². The second-order valence-electron chi connectivity index (χ2n) is 2.66. The van der Waals surface area contributed by atoms with Crippen molar-refractivity contribution in [2.75, 3.05) is 0 Å². The molecule has 1 aromatic heterocycles. The van der Waals surface area contributed by atoms with E-state index in [1.807, 2.05) is 23.6 Å². The topological polar surface area (TPSA) is 45.4 Å². The van der Waals surface area contributed by atoms with Crippen molar-refractivity contribution in [3.8, 4) is 0 Å². The van der Waals surface area contributed by atoms with Gasteiger partial charge in [0.1, 0.15) is 0 Å². The summed E-state index contributed by atoms with van der Waals surface area (Å²) < 4.78 is 6.32. The maximum absolute atomic E-state index is 7.05. The van der Waals surface area contributed by atoms with E-state index in [0.717, 1.165) is 14.0 Å². The Bertz CT molecular complexity index is 397. The molecule has 72 valence electrons. The van der Waals surface area contributed by atoms with Crippen LogP contribution in [0, 0.1) is 5.53 Å². The van der Waals surface area contributed by atoms with E-state index in [9.17, 15) is 0 Å². The first-order chi connectivity index (χ1) is 6.83. The van der Waals surface area contributed by atoms with Gasteiger partial charge in [-0.25, -0.2) is 5.53 Å². The third-order valence-corrected chi connectivity index (χ3v) is 3.67. The summed E-state index contributed by atoms with van der Waals surface area (Å²) in [6.45, 7) is 0. The van der Waals surface area contributed by atoms with Gasteiger partial charge in [-0.05, 0) is 40.1 Å². The number of hydrogen-bond acceptors (Lipinski definition) is 4. The normalized spacial score (nSPS) is 20.8. The van der Waals surface area contributed by atoms with Crippen molar-refractivity contribution in [1.29, 1.82) is 5.53 Å². The molecule has 0 amide bonds. The fraction of sp³-hybridized carbons (Fsp3) is 0.111. The van der Waals surface area contributed by atoms with Crippen molar-refractivity contribution in [3.63, 3.8) is 0 Å². The summed E-state index contributed by atoms with van der Waals surface area (Å²) in [6, 6.07) is 4.00. The summed E-state index contributed by atoms with van der Waals surface area (Å²) in [6.07, 6.45) is 2.99. The van der Waals surface area contributed by atoms with Crippen molar-refractivity contribution < 1.29 is 4.74 Å². The fourth-order valence-corrected chi connectivity index (χ4v) is 2.90. The van der Waals surface area contributed by atoms with Gasteiger partial charge in [0.05, 0.1) is 6.26 Å². The van der Waals surface area contributed by atoms with Gasteiger partial charge in [0.2, 0.25) is 6.23 Å². The van der Waals surface area contributed by atoms with Crippen LogP contribution in [0.25, 0.3) is 5.57 Å². The lowest BCUT2D eigenvalue weighted by Gasteiger charge is -2.18. The van der Waals surface area contributed by atoms with Gasteiger partial charge >= 0.3 is 0 Å². The van der Waals surface area contributed by atoms with Crippen LogP contribution in [0.4, 0.5) is 0 Å². The van der Waals surface area contributed by atoms with Gasteiger partial charge < -0.3 is 4.74 Å². The highest BCUT2D eigenvalue weighted by Crippen LogP contribution is 2.34. The zero-order valence-corrected chi connectivity index (χ0v) is 10.1. The van der Waals surface area contributed by atoms with Gasteiger partial charge in [0.15, 0.2) is 0 Å². The smallest absolute Gasteiger partial charge is 0.235 e. The summed E-state index contributed by atoms with van der Waals surface area (Å²) in [5.74, 6) is 0. The van der Waals surface area contributed by atoms with Gasteiger partial charge in [0.25, 0.3) is 0 Å². The van der Waals surface area contributed by atoms with Gasteiger partial charge in [-0.1, -0.05) is 6.07 Å². The molecule has 0 fully saturated rings. The molecule has 2 heterocycles. The molecule has 0 aromatic carbocycles. The molecule has 3 nitrogen and oxygen atoms in total. The Morgan fingerprint density at radius 2 is 2.43 bits per heavy atom. The van der Waals surface area contributed by atoms with E-state index < -0.39 is 6.23 Å². The van der Waals surface area contributed by atoms with E-state index in [-0.39, 0.29) is 0 Å². The van der Waals surface area contributed by atoms with Crippen molar-refractivity contribution in [3.05, 3.63) is 38.3 Å². The van der Waals surface area contributed by atoms with Gasteiger partial charge in [0, 0.05) is 14.0 Å². The lowest BCUT2D eigenvalue weighted by atomic mass is 10.1. The first-order valence-corrected chi connectivity index (χ1v) is 5.91. The number of nitrogens with zero attached hydrogens (tertiary/aromatic N) is 1. The Morgan fingerprint density at radius 3 is 3.07 bits per heavy atom. The minimum absolute atomic E-state index is 0.481. The number of allylic oxidation sites excluding steroid dienone is 2. The van der Waals surface area contributed by atoms with Gasteiger partial charge in [-0.2, -0.15) is 0 Å². The van der Waals surface area contributed by atoms with Crippen molar-refractivity contribution in [1.82, 2.24) is 0 Å². The van der Waals surface area contributed by atoms with Crippen molar-refractivity contribution in [2.24, 2.45) is 5.11 Å². The molecule has 1 atom stereocenters. The fourth-order valence-electron chi connectivity index (χ4n) is 1.22. The van der Waals surface area contributed by atoms with E-state index in [1.165, 1.54) is 0 Å². The predicted octanol–water partition coefficient (Wildman–Crippen LogP) is 3.80. The van der Waals surface area contributed by atoms with E-state index in [0.29, 0.717) is 0 Å². The Hall–Kier alpha value is -0.690. The molecule has 0 bridgehead atoms. The quantitative estimate of drug-likeness (QED) is 0.654. The molecule has 0 radical (unpaired) electrons. The Labute approximate surface area is 99.1 Å². The predicted molar refractivity (Wildman–Crippen MR) is 64.4 cm³/mol. The number of nitrogens with one attached hydrogen (secondary N) is 1. The Morgan fingerprint density at radius 1 is 1.57 bits per heavy atom. The molecule has 1 aromatic rings. The van der Waals surface area contributed by atoms with Crippen LogP contribution < -0.4 is 0 Å². The third-order valence-electron chi connectivity index (χ3n) is 1.83. The highest BCUT2D eigenvalue weighted by atomic mass is 127.